The van der Waals surface area contributed by atoms with E-state index in [4.69, 9.17) is 9.47 Å². The lowest BCUT2D eigenvalue weighted by molar-refractivity contribution is 0.117. The zero-order valence-corrected chi connectivity index (χ0v) is 12.2. The van der Waals surface area contributed by atoms with Gasteiger partial charge in [-0.2, -0.15) is 0 Å². The smallest absolute Gasteiger partial charge is 0.119 e. The van der Waals surface area contributed by atoms with E-state index in [0.717, 1.165) is 17.0 Å². The van der Waals surface area contributed by atoms with Crippen LogP contribution in [0.1, 0.15) is 5.56 Å². The van der Waals surface area contributed by atoms with Crippen LogP contribution >= 0.6 is 0 Å². The Labute approximate surface area is 125 Å². The molecule has 0 aliphatic carbocycles. The molecule has 0 fully saturated rings. The van der Waals surface area contributed by atoms with Crippen molar-refractivity contribution in [2.24, 2.45) is 0 Å². The van der Waals surface area contributed by atoms with Gasteiger partial charge in [0.05, 0.1) is 6.61 Å². The summed E-state index contributed by atoms with van der Waals surface area (Å²) in [5, 5.41) is 13.2. The average molecular weight is 287 g/mol. The molecular weight excluding hydrogens is 266 g/mol. The van der Waals surface area contributed by atoms with Gasteiger partial charge in [0, 0.05) is 24.9 Å². The number of methoxy groups -OCH3 is 1. The molecular formula is C17H21NO3. The van der Waals surface area contributed by atoms with Gasteiger partial charge >= 0.3 is 0 Å². The number of rotatable bonds is 8. The monoisotopic (exact) mass is 287 g/mol. The van der Waals surface area contributed by atoms with Crippen molar-refractivity contribution in [2.45, 2.75) is 12.7 Å². The standard InChI is InChI=1S/C17H21NO3/c1-20-12-14-7-5-6-10-17(14)18-11-15(19)13-21-16-8-3-2-4-9-16/h2-10,15,18-19H,11-13H2,1H3. The summed E-state index contributed by atoms with van der Waals surface area (Å²) in [6.45, 7) is 1.22. The van der Waals surface area contributed by atoms with Crippen molar-refractivity contribution in [3.05, 3.63) is 60.2 Å². The molecule has 112 valence electrons. The van der Waals surface area contributed by atoms with Crippen molar-refractivity contribution in [1.82, 2.24) is 0 Å². The Bertz CT molecular complexity index is 531. The van der Waals surface area contributed by atoms with Crippen molar-refractivity contribution in [3.8, 4) is 5.75 Å². The van der Waals surface area contributed by atoms with Gasteiger partial charge in [0.2, 0.25) is 0 Å². The van der Waals surface area contributed by atoms with E-state index in [1.807, 2.05) is 54.6 Å². The lowest BCUT2D eigenvalue weighted by Gasteiger charge is -2.16. The number of ether oxygens (including phenoxy) is 2. The van der Waals surface area contributed by atoms with E-state index >= 15 is 0 Å². The van der Waals surface area contributed by atoms with Crippen LogP contribution in [0.4, 0.5) is 5.69 Å². The maximum Gasteiger partial charge on any atom is 0.119 e. The molecule has 0 radical (unpaired) electrons. The fourth-order valence-electron chi connectivity index (χ4n) is 1.97. The normalized spacial score (nSPS) is 11.9. The molecule has 2 rings (SSSR count). The predicted octanol–water partition coefficient (Wildman–Crippen LogP) is 2.68. The van der Waals surface area contributed by atoms with Gasteiger partial charge in [-0.05, 0) is 18.2 Å². The van der Waals surface area contributed by atoms with Crippen LogP contribution < -0.4 is 10.1 Å². The molecule has 0 spiro atoms. The van der Waals surface area contributed by atoms with Crippen LogP contribution in [0.3, 0.4) is 0 Å². The second-order valence-electron chi connectivity index (χ2n) is 4.75. The first-order chi connectivity index (χ1) is 10.3. The first kappa shape index (κ1) is 15.4. The predicted molar refractivity (Wildman–Crippen MR) is 83.6 cm³/mol. The van der Waals surface area contributed by atoms with Crippen LogP contribution in [0.25, 0.3) is 0 Å². The van der Waals surface area contributed by atoms with Gasteiger partial charge in [-0.15, -0.1) is 0 Å². The molecule has 0 heterocycles. The molecule has 1 unspecified atom stereocenters. The maximum absolute atomic E-state index is 9.97. The second-order valence-corrected chi connectivity index (χ2v) is 4.75. The zero-order chi connectivity index (χ0) is 14.9. The van der Waals surface area contributed by atoms with Gasteiger partial charge in [-0.3, -0.25) is 0 Å². The summed E-state index contributed by atoms with van der Waals surface area (Å²) in [5.41, 5.74) is 2.04. The highest BCUT2D eigenvalue weighted by Crippen LogP contribution is 2.16. The number of nitrogens with one attached hydrogen (secondary N) is 1. The number of anilines is 1. The molecule has 2 aromatic carbocycles. The summed E-state index contributed by atoms with van der Waals surface area (Å²) < 4.78 is 10.7. The third kappa shape index (κ3) is 5.10. The third-order valence-electron chi connectivity index (χ3n) is 3.03. The highest BCUT2D eigenvalue weighted by molar-refractivity contribution is 5.50. The minimum Gasteiger partial charge on any atom is -0.491 e. The zero-order valence-electron chi connectivity index (χ0n) is 12.2. The number of hydrogen-bond donors (Lipinski definition) is 2. The maximum atomic E-state index is 9.97. The van der Waals surface area contributed by atoms with E-state index in [1.54, 1.807) is 7.11 Å². The molecule has 2 aromatic rings. The Morgan fingerprint density at radius 1 is 1.05 bits per heavy atom. The number of hydrogen-bond acceptors (Lipinski definition) is 4. The van der Waals surface area contributed by atoms with Crippen LogP contribution in [0.15, 0.2) is 54.6 Å². The third-order valence-corrected chi connectivity index (χ3v) is 3.03. The number of benzene rings is 2. The van der Waals surface area contributed by atoms with Gasteiger partial charge in [-0.1, -0.05) is 36.4 Å². The summed E-state index contributed by atoms with van der Waals surface area (Å²) in [6.07, 6.45) is -0.583. The number of aliphatic hydroxyl groups excluding tert-OH is 1. The van der Waals surface area contributed by atoms with Crippen LogP contribution in [-0.4, -0.2) is 31.5 Å². The van der Waals surface area contributed by atoms with Crippen LogP contribution in [0.5, 0.6) is 5.75 Å². The van der Waals surface area contributed by atoms with E-state index in [9.17, 15) is 5.11 Å². The van der Waals surface area contributed by atoms with E-state index in [-0.39, 0.29) is 6.61 Å². The molecule has 1 atom stereocenters. The molecule has 0 saturated heterocycles. The fourth-order valence-corrected chi connectivity index (χ4v) is 1.97. The fraction of sp³-hybridized carbons (Fsp3) is 0.294. The minimum absolute atomic E-state index is 0.253. The number of para-hydroxylation sites is 2. The first-order valence-electron chi connectivity index (χ1n) is 6.96. The Morgan fingerprint density at radius 3 is 2.52 bits per heavy atom. The molecule has 21 heavy (non-hydrogen) atoms. The van der Waals surface area contributed by atoms with Crippen molar-refractivity contribution in [2.75, 3.05) is 25.6 Å². The topological polar surface area (TPSA) is 50.7 Å². The molecule has 0 saturated carbocycles. The van der Waals surface area contributed by atoms with Crippen LogP contribution in [0, 0.1) is 0 Å². The molecule has 0 amide bonds. The molecule has 2 N–H and O–H groups in total. The lowest BCUT2D eigenvalue weighted by atomic mass is 10.2. The summed E-state index contributed by atoms with van der Waals surface area (Å²) in [5.74, 6) is 0.760. The Kier molecular flexibility index (Phi) is 6.06. The summed E-state index contributed by atoms with van der Waals surface area (Å²) in [7, 11) is 1.67. The highest BCUT2D eigenvalue weighted by Gasteiger charge is 2.07. The van der Waals surface area contributed by atoms with E-state index in [2.05, 4.69) is 5.32 Å². The molecule has 4 heteroatoms. The Balaban J connectivity index is 1.80. The summed E-state index contributed by atoms with van der Waals surface area (Å²) >= 11 is 0. The first-order valence-corrected chi connectivity index (χ1v) is 6.96. The van der Waals surface area contributed by atoms with E-state index in [1.165, 1.54) is 0 Å². The van der Waals surface area contributed by atoms with E-state index < -0.39 is 6.10 Å². The van der Waals surface area contributed by atoms with Crippen LogP contribution in [0.2, 0.25) is 0 Å². The number of aliphatic hydroxyl groups is 1. The van der Waals surface area contributed by atoms with Gasteiger partial charge < -0.3 is 19.9 Å². The van der Waals surface area contributed by atoms with Crippen molar-refractivity contribution in [1.29, 1.82) is 0 Å². The van der Waals surface area contributed by atoms with Gasteiger partial charge in [0.25, 0.3) is 0 Å². The van der Waals surface area contributed by atoms with Crippen molar-refractivity contribution >= 4 is 5.69 Å². The van der Waals surface area contributed by atoms with Crippen molar-refractivity contribution < 1.29 is 14.6 Å². The van der Waals surface area contributed by atoms with Gasteiger partial charge in [0.1, 0.15) is 18.5 Å². The molecule has 0 aliphatic heterocycles. The van der Waals surface area contributed by atoms with Gasteiger partial charge in [0.15, 0.2) is 0 Å². The average Bonchev–Trinajstić information content (AvgIpc) is 2.53. The minimum atomic E-state index is -0.583. The summed E-state index contributed by atoms with van der Waals surface area (Å²) in [4.78, 5) is 0. The SMILES string of the molecule is COCc1ccccc1NCC(O)COc1ccccc1. The lowest BCUT2D eigenvalue weighted by Crippen LogP contribution is -2.26. The molecule has 0 aliphatic rings. The van der Waals surface area contributed by atoms with E-state index in [0.29, 0.717) is 13.2 Å². The molecule has 0 aromatic heterocycles. The largest absolute Gasteiger partial charge is 0.491 e. The van der Waals surface area contributed by atoms with Gasteiger partial charge in [-0.25, -0.2) is 0 Å². The Morgan fingerprint density at radius 2 is 1.76 bits per heavy atom. The Hall–Kier alpha value is -2.04. The van der Waals surface area contributed by atoms with Crippen molar-refractivity contribution in [3.63, 3.8) is 0 Å². The second kappa shape index (κ2) is 8.29. The summed E-state index contributed by atoms with van der Waals surface area (Å²) in [6, 6.07) is 17.4. The molecule has 4 nitrogen and oxygen atoms in total. The molecule has 0 bridgehead atoms. The quantitative estimate of drug-likeness (QED) is 0.784. The highest BCUT2D eigenvalue weighted by atomic mass is 16.5. The van der Waals surface area contributed by atoms with Crippen LogP contribution in [-0.2, 0) is 11.3 Å².